The molecule has 1 fully saturated rings. The van der Waals surface area contributed by atoms with Gasteiger partial charge in [0.15, 0.2) is 0 Å². The zero-order valence-electron chi connectivity index (χ0n) is 15.3. The summed E-state index contributed by atoms with van der Waals surface area (Å²) in [5.41, 5.74) is -0.548. The van der Waals surface area contributed by atoms with Gasteiger partial charge in [-0.05, 0) is 17.5 Å². The first-order valence-electron chi connectivity index (χ1n) is 8.45. The Balaban J connectivity index is 1.78. The van der Waals surface area contributed by atoms with Gasteiger partial charge in [0.1, 0.15) is 4.21 Å². The number of nitro benzene ring substituents is 1. The van der Waals surface area contributed by atoms with Gasteiger partial charge in [0.25, 0.3) is 21.6 Å². The Bertz CT molecular complexity index is 1040. The van der Waals surface area contributed by atoms with Gasteiger partial charge in [0.05, 0.1) is 17.6 Å². The maximum Gasteiger partial charge on any atom is 0.338 e. The summed E-state index contributed by atoms with van der Waals surface area (Å²) in [5, 5.41) is 12.8. The van der Waals surface area contributed by atoms with Crippen LogP contribution in [0.15, 0.2) is 39.9 Å². The molecule has 1 aromatic heterocycles. The van der Waals surface area contributed by atoms with Crippen molar-refractivity contribution in [3.8, 4) is 0 Å². The third-order valence-corrected chi connectivity index (χ3v) is 7.68. The van der Waals surface area contributed by atoms with Crippen molar-refractivity contribution in [1.29, 1.82) is 0 Å². The minimum absolute atomic E-state index is 0.0332. The Morgan fingerprint density at radius 1 is 1.14 bits per heavy atom. The van der Waals surface area contributed by atoms with Gasteiger partial charge in [0.2, 0.25) is 0 Å². The fourth-order valence-corrected chi connectivity index (χ4v) is 5.49. The highest BCUT2D eigenvalue weighted by Crippen LogP contribution is 2.24. The Labute approximate surface area is 170 Å². The molecule has 0 aliphatic carbocycles. The summed E-state index contributed by atoms with van der Waals surface area (Å²) in [6, 6.07) is 6.53. The summed E-state index contributed by atoms with van der Waals surface area (Å²) >= 11 is 1.12. The molecule has 29 heavy (non-hydrogen) atoms. The molecule has 12 heteroatoms. The molecule has 0 radical (unpaired) electrons. The molecular weight excluding hydrogens is 422 g/mol. The number of non-ortho nitro benzene ring substituents is 1. The number of hydrogen-bond acceptors (Lipinski definition) is 8. The normalized spacial score (nSPS) is 15.1. The number of nitrogens with zero attached hydrogens (tertiary/aromatic N) is 3. The van der Waals surface area contributed by atoms with E-state index in [0.717, 1.165) is 30.6 Å². The average molecular weight is 439 g/mol. The van der Waals surface area contributed by atoms with Crippen LogP contribution in [-0.4, -0.2) is 67.7 Å². The van der Waals surface area contributed by atoms with Crippen molar-refractivity contribution >= 4 is 38.9 Å². The van der Waals surface area contributed by atoms with Gasteiger partial charge in [-0.3, -0.25) is 14.9 Å². The molecular formula is C17H17N3O7S2. The Morgan fingerprint density at radius 2 is 1.79 bits per heavy atom. The van der Waals surface area contributed by atoms with Crippen LogP contribution in [0.1, 0.15) is 20.7 Å². The largest absolute Gasteiger partial charge is 0.465 e. The summed E-state index contributed by atoms with van der Waals surface area (Å²) in [5.74, 6) is -1.32. The second-order valence-corrected chi connectivity index (χ2v) is 9.26. The molecule has 154 valence electrons. The maximum atomic E-state index is 12.8. The van der Waals surface area contributed by atoms with E-state index in [1.165, 1.54) is 21.3 Å². The number of methoxy groups -OCH3 is 1. The zero-order valence-corrected chi connectivity index (χ0v) is 16.9. The second kappa shape index (κ2) is 8.27. The van der Waals surface area contributed by atoms with Crippen molar-refractivity contribution in [2.24, 2.45) is 0 Å². The number of carbonyl (C=O) groups excluding carboxylic acids is 2. The summed E-state index contributed by atoms with van der Waals surface area (Å²) in [6.07, 6.45) is 0. The molecule has 1 aliphatic rings. The van der Waals surface area contributed by atoms with Crippen molar-refractivity contribution in [2.75, 3.05) is 33.3 Å². The minimum atomic E-state index is -3.61. The molecule has 1 aliphatic heterocycles. The van der Waals surface area contributed by atoms with Crippen LogP contribution in [0, 0.1) is 10.1 Å². The number of carbonyl (C=O) groups is 2. The van der Waals surface area contributed by atoms with E-state index in [4.69, 9.17) is 0 Å². The average Bonchev–Trinajstić information content (AvgIpc) is 3.28. The molecule has 0 spiro atoms. The van der Waals surface area contributed by atoms with Crippen LogP contribution in [0.5, 0.6) is 0 Å². The number of sulfonamides is 1. The van der Waals surface area contributed by atoms with Crippen molar-refractivity contribution in [3.63, 3.8) is 0 Å². The highest BCUT2D eigenvalue weighted by molar-refractivity contribution is 7.91. The molecule has 0 N–H and O–H groups in total. The van der Waals surface area contributed by atoms with E-state index in [-0.39, 0.29) is 41.5 Å². The van der Waals surface area contributed by atoms with Crippen LogP contribution >= 0.6 is 11.3 Å². The summed E-state index contributed by atoms with van der Waals surface area (Å²) in [4.78, 5) is 36.4. The van der Waals surface area contributed by atoms with E-state index in [1.807, 2.05) is 0 Å². The lowest BCUT2D eigenvalue weighted by Gasteiger charge is -2.33. The van der Waals surface area contributed by atoms with Crippen LogP contribution in [0.25, 0.3) is 0 Å². The molecule has 3 rings (SSSR count). The van der Waals surface area contributed by atoms with Gasteiger partial charge < -0.3 is 9.64 Å². The third kappa shape index (κ3) is 4.28. The van der Waals surface area contributed by atoms with Gasteiger partial charge in [-0.1, -0.05) is 6.07 Å². The number of ether oxygens (including phenoxy) is 1. The molecule has 0 unspecified atom stereocenters. The van der Waals surface area contributed by atoms with Crippen LogP contribution < -0.4 is 0 Å². The molecule has 1 amide bonds. The summed E-state index contributed by atoms with van der Waals surface area (Å²) in [6.45, 7) is 0.453. The Kier molecular flexibility index (Phi) is 5.96. The Morgan fingerprint density at radius 3 is 2.34 bits per heavy atom. The number of esters is 1. The van der Waals surface area contributed by atoms with Crippen LogP contribution in [0.2, 0.25) is 0 Å². The van der Waals surface area contributed by atoms with Crippen molar-refractivity contribution in [3.05, 3.63) is 57.0 Å². The first-order valence-corrected chi connectivity index (χ1v) is 10.8. The van der Waals surface area contributed by atoms with Crippen LogP contribution in [0.3, 0.4) is 0 Å². The van der Waals surface area contributed by atoms with Crippen molar-refractivity contribution in [2.45, 2.75) is 4.21 Å². The lowest BCUT2D eigenvalue weighted by molar-refractivity contribution is -0.384. The standard InChI is InChI=1S/C17H17N3O7S2/c1-27-17(22)13-9-12(10-14(11-13)20(23)24)16(21)18-4-6-19(7-5-18)29(25,26)15-3-2-8-28-15/h2-3,8-11H,4-7H2,1H3. The van der Waals surface area contributed by atoms with Gasteiger partial charge in [-0.25, -0.2) is 13.2 Å². The van der Waals surface area contributed by atoms with E-state index in [0.29, 0.717) is 0 Å². The second-order valence-electron chi connectivity index (χ2n) is 6.15. The molecule has 0 atom stereocenters. The number of hydrogen-bond donors (Lipinski definition) is 0. The molecule has 1 aromatic carbocycles. The topological polar surface area (TPSA) is 127 Å². The number of piperazine rings is 1. The number of benzene rings is 1. The maximum absolute atomic E-state index is 12.8. The number of thiophene rings is 1. The van der Waals surface area contributed by atoms with Crippen molar-refractivity contribution < 1.29 is 27.7 Å². The minimum Gasteiger partial charge on any atom is -0.465 e. The first-order chi connectivity index (χ1) is 13.7. The first kappa shape index (κ1) is 20.9. The van der Waals surface area contributed by atoms with E-state index in [1.54, 1.807) is 11.4 Å². The van der Waals surface area contributed by atoms with E-state index in [9.17, 15) is 28.1 Å². The molecule has 1 saturated heterocycles. The molecule has 2 heterocycles. The fourth-order valence-electron chi connectivity index (χ4n) is 2.93. The smallest absolute Gasteiger partial charge is 0.338 e. The van der Waals surface area contributed by atoms with Crippen LogP contribution in [-0.2, 0) is 14.8 Å². The van der Waals surface area contributed by atoms with Crippen LogP contribution in [0.4, 0.5) is 5.69 Å². The molecule has 2 aromatic rings. The van der Waals surface area contributed by atoms with Gasteiger partial charge in [-0.2, -0.15) is 4.31 Å². The lowest BCUT2D eigenvalue weighted by Crippen LogP contribution is -2.50. The zero-order chi connectivity index (χ0) is 21.2. The van der Waals surface area contributed by atoms with Gasteiger partial charge >= 0.3 is 5.97 Å². The Hall–Kier alpha value is -2.83. The summed E-state index contributed by atoms with van der Waals surface area (Å²) < 4.78 is 31.3. The monoisotopic (exact) mass is 439 g/mol. The molecule has 0 saturated carbocycles. The number of nitro groups is 1. The van der Waals surface area contributed by atoms with Crippen molar-refractivity contribution in [1.82, 2.24) is 9.21 Å². The third-order valence-electron chi connectivity index (χ3n) is 4.41. The van der Waals surface area contributed by atoms with Gasteiger partial charge in [-0.15, -0.1) is 11.3 Å². The quantitative estimate of drug-likeness (QED) is 0.393. The predicted molar refractivity (Wildman–Crippen MR) is 103 cm³/mol. The molecule has 0 bridgehead atoms. The SMILES string of the molecule is COC(=O)c1cc(C(=O)N2CCN(S(=O)(=O)c3cccs3)CC2)cc([N+](=O)[O-])c1. The highest BCUT2D eigenvalue weighted by atomic mass is 32.2. The van der Waals surface area contributed by atoms with Gasteiger partial charge in [0, 0.05) is 43.9 Å². The highest BCUT2D eigenvalue weighted by Gasteiger charge is 2.31. The fraction of sp³-hybridized carbons (Fsp3) is 0.294. The van der Waals surface area contributed by atoms with E-state index >= 15 is 0 Å². The van der Waals surface area contributed by atoms with E-state index in [2.05, 4.69) is 4.74 Å². The number of rotatable bonds is 5. The molecule has 10 nitrogen and oxygen atoms in total. The van der Waals surface area contributed by atoms with E-state index < -0.39 is 32.5 Å². The predicted octanol–water partition coefficient (Wildman–Crippen LogP) is 1.59. The lowest BCUT2D eigenvalue weighted by atomic mass is 10.1. The summed E-state index contributed by atoms with van der Waals surface area (Å²) in [7, 11) is -2.47. The number of amides is 1.